The van der Waals surface area contributed by atoms with Crippen molar-refractivity contribution in [3.8, 4) is 0 Å². The predicted octanol–water partition coefficient (Wildman–Crippen LogP) is 3.01. The van der Waals surface area contributed by atoms with Gasteiger partial charge in [0.1, 0.15) is 0 Å². The molecule has 1 fully saturated rings. The zero-order valence-corrected chi connectivity index (χ0v) is 13.8. The Balaban J connectivity index is 2.06. The highest BCUT2D eigenvalue weighted by Crippen LogP contribution is 2.18. The highest BCUT2D eigenvalue weighted by Gasteiger charge is 2.28. The van der Waals surface area contributed by atoms with Crippen LogP contribution in [0.25, 0.3) is 6.08 Å². The van der Waals surface area contributed by atoms with E-state index in [9.17, 15) is 4.79 Å². The Labute approximate surface area is 129 Å². The fourth-order valence-electron chi connectivity index (χ4n) is 2.47. The maximum Gasteiger partial charge on any atom is 0.246 e. The van der Waals surface area contributed by atoms with Gasteiger partial charge in [0.05, 0.1) is 0 Å². The summed E-state index contributed by atoms with van der Waals surface area (Å²) in [5.74, 6) is 0.0909. The van der Waals surface area contributed by atoms with Crippen molar-refractivity contribution in [1.82, 2.24) is 9.80 Å². The van der Waals surface area contributed by atoms with Gasteiger partial charge in [-0.05, 0) is 38.6 Å². The Bertz CT molecular complexity index is 515. The molecule has 1 aliphatic rings. The molecule has 0 aliphatic carbocycles. The molecule has 0 aromatic heterocycles. The molecule has 0 saturated carbocycles. The molecule has 108 valence electrons. The van der Waals surface area contributed by atoms with E-state index in [0.717, 1.165) is 23.1 Å². The average Bonchev–Trinajstić information content (AvgIpc) is 2.41. The first-order valence-electron chi connectivity index (χ1n) is 6.92. The normalized spacial score (nSPS) is 24.3. The zero-order valence-electron chi connectivity index (χ0n) is 12.2. The summed E-state index contributed by atoms with van der Waals surface area (Å²) in [5, 5.41) is 0. The summed E-state index contributed by atoms with van der Waals surface area (Å²) in [5.41, 5.74) is 1.02. The van der Waals surface area contributed by atoms with Gasteiger partial charge in [0.25, 0.3) is 0 Å². The van der Waals surface area contributed by atoms with Crippen molar-refractivity contribution < 1.29 is 4.79 Å². The average molecular weight is 337 g/mol. The number of piperazine rings is 1. The Hall–Kier alpha value is -1.13. The largest absolute Gasteiger partial charge is 0.334 e. The van der Waals surface area contributed by atoms with Crippen LogP contribution in [0.5, 0.6) is 0 Å². The minimum absolute atomic E-state index is 0.0909. The van der Waals surface area contributed by atoms with Gasteiger partial charge >= 0.3 is 0 Å². The Morgan fingerprint density at radius 1 is 1.25 bits per heavy atom. The molecule has 3 nitrogen and oxygen atoms in total. The van der Waals surface area contributed by atoms with E-state index in [1.54, 1.807) is 6.08 Å². The monoisotopic (exact) mass is 336 g/mol. The molecule has 2 atom stereocenters. The van der Waals surface area contributed by atoms with Crippen molar-refractivity contribution >= 4 is 27.9 Å². The number of hydrogen-bond donors (Lipinski definition) is 0. The summed E-state index contributed by atoms with van der Waals surface area (Å²) in [4.78, 5) is 16.6. The fraction of sp³-hybridized carbons (Fsp3) is 0.438. The van der Waals surface area contributed by atoms with Gasteiger partial charge in [0.15, 0.2) is 0 Å². The van der Waals surface area contributed by atoms with Gasteiger partial charge in [-0.25, -0.2) is 0 Å². The minimum atomic E-state index is 0.0909. The van der Waals surface area contributed by atoms with Crippen LogP contribution >= 0.6 is 15.9 Å². The van der Waals surface area contributed by atoms with Crippen molar-refractivity contribution in [2.24, 2.45) is 0 Å². The van der Waals surface area contributed by atoms with Crippen LogP contribution in [0, 0.1) is 0 Å². The number of nitrogens with zero attached hydrogens (tertiary/aromatic N) is 2. The molecule has 1 saturated heterocycles. The van der Waals surface area contributed by atoms with Gasteiger partial charge in [-0.2, -0.15) is 0 Å². The van der Waals surface area contributed by atoms with Gasteiger partial charge in [-0.1, -0.05) is 34.1 Å². The van der Waals surface area contributed by atoms with Crippen LogP contribution in [0.1, 0.15) is 19.4 Å². The number of hydrogen-bond acceptors (Lipinski definition) is 2. The Kier molecular flexibility index (Phi) is 5.00. The smallest absolute Gasteiger partial charge is 0.246 e. The van der Waals surface area contributed by atoms with Crippen LogP contribution in [0.4, 0.5) is 0 Å². The van der Waals surface area contributed by atoms with Gasteiger partial charge in [-0.15, -0.1) is 0 Å². The molecule has 1 aromatic carbocycles. The summed E-state index contributed by atoms with van der Waals surface area (Å²) in [6.07, 6.45) is 3.55. The standard InChI is InChI=1S/C16H21BrN2O/c1-12-11-19(13(2)10-18(12)3)16(20)9-8-14-6-4-5-7-15(14)17/h4-9,12-13H,10-11H2,1-3H3. The lowest BCUT2D eigenvalue weighted by molar-refractivity contribution is -0.131. The third-order valence-corrected chi connectivity index (χ3v) is 4.61. The maximum absolute atomic E-state index is 12.4. The second kappa shape index (κ2) is 6.55. The van der Waals surface area contributed by atoms with Crippen molar-refractivity contribution in [3.05, 3.63) is 40.4 Å². The van der Waals surface area contributed by atoms with Crippen LogP contribution in [-0.4, -0.2) is 47.9 Å². The lowest BCUT2D eigenvalue weighted by Gasteiger charge is -2.42. The first kappa shape index (κ1) is 15.3. The number of likely N-dealkylation sites (N-methyl/N-ethyl adjacent to an activating group) is 1. The highest BCUT2D eigenvalue weighted by atomic mass is 79.9. The molecule has 2 unspecified atom stereocenters. The van der Waals surface area contributed by atoms with Crippen molar-refractivity contribution in [1.29, 1.82) is 0 Å². The Morgan fingerprint density at radius 2 is 1.95 bits per heavy atom. The van der Waals surface area contributed by atoms with Crippen LogP contribution in [-0.2, 0) is 4.79 Å². The predicted molar refractivity (Wildman–Crippen MR) is 86.4 cm³/mol. The van der Waals surface area contributed by atoms with E-state index in [1.165, 1.54) is 0 Å². The van der Waals surface area contributed by atoms with Gasteiger partial charge in [-0.3, -0.25) is 9.69 Å². The van der Waals surface area contributed by atoms with Crippen LogP contribution in [0.3, 0.4) is 0 Å². The van der Waals surface area contributed by atoms with Crippen molar-refractivity contribution in [3.63, 3.8) is 0 Å². The summed E-state index contributed by atoms with van der Waals surface area (Å²) in [6, 6.07) is 8.57. The third kappa shape index (κ3) is 3.49. The molecule has 4 heteroatoms. The summed E-state index contributed by atoms with van der Waals surface area (Å²) >= 11 is 3.49. The SMILES string of the molecule is CC1CN(C(=O)C=Cc2ccccc2Br)C(C)CN1C. The lowest BCUT2D eigenvalue weighted by atomic mass is 10.1. The van der Waals surface area contributed by atoms with Crippen LogP contribution in [0.2, 0.25) is 0 Å². The molecule has 1 amide bonds. The van der Waals surface area contributed by atoms with E-state index < -0.39 is 0 Å². The van der Waals surface area contributed by atoms with Crippen molar-refractivity contribution in [2.75, 3.05) is 20.1 Å². The second-order valence-corrected chi connectivity index (χ2v) is 6.34. The third-order valence-electron chi connectivity index (χ3n) is 3.89. The van der Waals surface area contributed by atoms with E-state index in [0.29, 0.717) is 6.04 Å². The molecule has 1 aromatic rings. The summed E-state index contributed by atoms with van der Waals surface area (Å²) in [6.45, 7) is 5.97. The molecule has 1 aliphatic heterocycles. The molecule has 1 heterocycles. The quantitative estimate of drug-likeness (QED) is 0.775. The molecule has 0 radical (unpaired) electrons. The Morgan fingerprint density at radius 3 is 2.65 bits per heavy atom. The van der Waals surface area contributed by atoms with Gasteiger partial charge < -0.3 is 4.90 Å². The van der Waals surface area contributed by atoms with E-state index in [1.807, 2.05) is 35.2 Å². The number of halogens is 1. The first-order valence-corrected chi connectivity index (χ1v) is 7.72. The van der Waals surface area contributed by atoms with Gasteiger partial charge in [0.2, 0.25) is 5.91 Å². The molecule has 0 spiro atoms. The van der Waals surface area contributed by atoms with Crippen molar-refractivity contribution in [2.45, 2.75) is 25.9 Å². The van der Waals surface area contributed by atoms with Gasteiger partial charge in [0, 0.05) is 35.7 Å². The second-order valence-electron chi connectivity index (χ2n) is 5.48. The number of carbonyl (C=O) groups excluding carboxylic acids is 1. The number of rotatable bonds is 2. The van der Waals surface area contributed by atoms with E-state index in [2.05, 4.69) is 41.7 Å². The van der Waals surface area contributed by atoms with Crippen LogP contribution in [0.15, 0.2) is 34.8 Å². The fourth-order valence-corrected chi connectivity index (χ4v) is 2.89. The topological polar surface area (TPSA) is 23.6 Å². The summed E-state index contributed by atoms with van der Waals surface area (Å²) < 4.78 is 1.00. The summed E-state index contributed by atoms with van der Waals surface area (Å²) in [7, 11) is 2.11. The molecule has 20 heavy (non-hydrogen) atoms. The highest BCUT2D eigenvalue weighted by molar-refractivity contribution is 9.10. The first-order chi connectivity index (χ1) is 9.49. The molecular weight excluding hydrogens is 316 g/mol. The minimum Gasteiger partial charge on any atom is -0.334 e. The number of benzene rings is 1. The van der Waals surface area contributed by atoms with E-state index in [-0.39, 0.29) is 11.9 Å². The number of carbonyl (C=O) groups is 1. The molecule has 0 bridgehead atoms. The van der Waals surface area contributed by atoms with E-state index in [4.69, 9.17) is 0 Å². The van der Waals surface area contributed by atoms with E-state index >= 15 is 0 Å². The lowest BCUT2D eigenvalue weighted by Crippen LogP contribution is -2.56. The zero-order chi connectivity index (χ0) is 14.7. The number of amides is 1. The van der Waals surface area contributed by atoms with Crippen LogP contribution < -0.4 is 0 Å². The maximum atomic E-state index is 12.4. The molecule has 0 N–H and O–H groups in total. The molecular formula is C16H21BrN2O. The molecule has 2 rings (SSSR count).